The summed E-state index contributed by atoms with van der Waals surface area (Å²) in [5.41, 5.74) is 2.61. The Labute approximate surface area is 149 Å². The molecule has 0 unspecified atom stereocenters. The summed E-state index contributed by atoms with van der Waals surface area (Å²) in [4.78, 5) is 16.4. The zero-order valence-electron chi connectivity index (χ0n) is 12.5. The van der Waals surface area contributed by atoms with Gasteiger partial charge in [0.05, 0.1) is 21.9 Å². The van der Waals surface area contributed by atoms with Crippen LogP contribution in [0.4, 0.5) is 17.1 Å². The summed E-state index contributed by atoms with van der Waals surface area (Å²) >= 11 is 11.8. The molecule has 6 heteroatoms. The quantitative estimate of drug-likeness (QED) is 0.658. The number of pyridine rings is 1. The van der Waals surface area contributed by atoms with Gasteiger partial charge in [-0.1, -0.05) is 41.4 Å². The maximum Gasteiger partial charge on any atom is 0.274 e. The molecule has 0 saturated heterocycles. The minimum atomic E-state index is -0.320. The molecule has 0 aliphatic heterocycles. The molecule has 0 bridgehead atoms. The summed E-state index contributed by atoms with van der Waals surface area (Å²) in [7, 11) is 0. The van der Waals surface area contributed by atoms with Crippen molar-refractivity contribution in [2.75, 3.05) is 10.6 Å². The minimum absolute atomic E-state index is 0.305. The number of nitrogens with one attached hydrogen (secondary N) is 2. The van der Waals surface area contributed by atoms with Gasteiger partial charge in [0.2, 0.25) is 0 Å². The molecule has 0 saturated carbocycles. The lowest BCUT2D eigenvalue weighted by Gasteiger charge is -2.08. The molecular formula is C18H13Cl2N3O. The molecule has 1 heterocycles. The smallest absolute Gasteiger partial charge is 0.274 e. The second-order valence-electron chi connectivity index (χ2n) is 5.01. The summed E-state index contributed by atoms with van der Waals surface area (Å²) in [6.45, 7) is 0. The Morgan fingerprint density at radius 3 is 2.25 bits per heavy atom. The number of para-hydroxylation sites is 1. The Hall–Kier alpha value is -2.56. The minimum Gasteiger partial charge on any atom is -0.354 e. The predicted octanol–water partition coefficient (Wildman–Crippen LogP) is 5.38. The van der Waals surface area contributed by atoms with Crippen LogP contribution in [-0.2, 0) is 0 Å². The van der Waals surface area contributed by atoms with Crippen LogP contribution in [0.5, 0.6) is 0 Å². The third-order valence-corrected chi connectivity index (χ3v) is 3.98. The summed E-state index contributed by atoms with van der Waals surface area (Å²) in [6, 6.07) is 18.1. The van der Waals surface area contributed by atoms with E-state index in [2.05, 4.69) is 15.6 Å². The number of rotatable bonds is 4. The van der Waals surface area contributed by atoms with Gasteiger partial charge in [-0.05, 0) is 42.5 Å². The number of halogens is 2. The number of hydrogen-bond donors (Lipinski definition) is 2. The highest BCUT2D eigenvalue weighted by atomic mass is 35.5. The standard InChI is InChI=1S/C18H13Cl2N3O/c19-15-8-6-13(10-16(15)20)23-18(24)17-9-7-14(11-21-17)22-12-4-2-1-3-5-12/h1-11,22H,(H,23,24). The molecule has 0 radical (unpaired) electrons. The van der Waals surface area contributed by atoms with Gasteiger partial charge in [0.1, 0.15) is 5.69 Å². The van der Waals surface area contributed by atoms with Crippen LogP contribution in [0.25, 0.3) is 0 Å². The third-order valence-electron chi connectivity index (χ3n) is 3.24. The number of aromatic nitrogens is 1. The Balaban J connectivity index is 1.68. The van der Waals surface area contributed by atoms with Crippen molar-refractivity contribution in [1.29, 1.82) is 0 Å². The van der Waals surface area contributed by atoms with Gasteiger partial charge in [-0.25, -0.2) is 4.98 Å². The maximum atomic E-state index is 12.2. The molecular weight excluding hydrogens is 345 g/mol. The number of benzene rings is 2. The summed E-state index contributed by atoms with van der Waals surface area (Å²) < 4.78 is 0. The van der Waals surface area contributed by atoms with Crippen molar-refractivity contribution in [3.8, 4) is 0 Å². The van der Waals surface area contributed by atoms with Gasteiger partial charge in [0, 0.05) is 11.4 Å². The van der Waals surface area contributed by atoms with E-state index in [0.717, 1.165) is 11.4 Å². The first-order chi connectivity index (χ1) is 11.6. The molecule has 0 atom stereocenters. The first-order valence-corrected chi connectivity index (χ1v) is 7.92. The largest absolute Gasteiger partial charge is 0.354 e. The number of hydrogen-bond acceptors (Lipinski definition) is 3. The van der Waals surface area contributed by atoms with Crippen LogP contribution in [0.2, 0.25) is 10.0 Å². The molecule has 120 valence electrons. The highest BCUT2D eigenvalue weighted by Gasteiger charge is 2.09. The fraction of sp³-hybridized carbons (Fsp3) is 0. The molecule has 24 heavy (non-hydrogen) atoms. The van der Waals surface area contributed by atoms with Crippen molar-refractivity contribution in [2.24, 2.45) is 0 Å². The topological polar surface area (TPSA) is 54.0 Å². The molecule has 1 amide bonds. The third kappa shape index (κ3) is 4.04. The monoisotopic (exact) mass is 357 g/mol. The Morgan fingerprint density at radius 2 is 1.58 bits per heavy atom. The molecule has 0 spiro atoms. The zero-order valence-corrected chi connectivity index (χ0v) is 14.0. The van der Waals surface area contributed by atoms with Gasteiger partial charge in [-0.3, -0.25) is 4.79 Å². The molecule has 3 rings (SSSR count). The predicted molar refractivity (Wildman–Crippen MR) is 98.4 cm³/mol. The summed E-state index contributed by atoms with van der Waals surface area (Å²) in [5, 5.41) is 6.75. The van der Waals surface area contributed by atoms with Crippen molar-refractivity contribution >= 4 is 46.2 Å². The number of anilines is 3. The number of nitrogens with zero attached hydrogens (tertiary/aromatic N) is 1. The first kappa shape index (κ1) is 16.3. The lowest BCUT2D eigenvalue weighted by atomic mass is 10.2. The molecule has 0 fully saturated rings. The summed E-state index contributed by atoms with van der Waals surface area (Å²) in [5.74, 6) is -0.320. The second-order valence-corrected chi connectivity index (χ2v) is 5.82. The SMILES string of the molecule is O=C(Nc1ccc(Cl)c(Cl)c1)c1ccc(Nc2ccccc2)cn1. The van der Waals surface area contributed by atoms with E-state index < -0.39 is 0 Å². The van der Waals surface area contributed by atoms with Crippen molar-refractivity contribution in [2.45, 2.75) is 0 Å². The molecule has 2 aromatic carbocycles. The van der Waals surface area contributed by atoms with E-state index in [1.165, 1.54) is 0 Å². The van der Waals surface area contributed by atoms with E-state index in [9.17, 15) is 4.79 Å². The van der Waals surface area contributed by atoms with Crippen LogP contribution in [0.1, 0.15) is 10.5 Å². The van der Waals surface area contributed by atoms with Crippen LogP contribution in [0.3, 0.4) is 0 Å². The lowest BCUT2D eigenvalue weighted by Crippen LogP contribution is -2.13. The van der Waals surface area contributed by atoms with E-state index in [-0.39, 0.29) is 5.91 Å². The van der Waals surface area contributed by atoms with Crippen LogP contribution in [0, 0.1) is 0 Å². The number of amides is 1. The highest BCUT2D eigenvalue weighted by Crippen LogP contribution is 2.25. The summed E-state index contributed by atoms with van der Waals surface area (Å²) in [6.07, 6.45) is 1.61. The second kappa shape index (κ2) is 7.34. The molecule has 4 nitrogen and oxygen atoms in total. The molecule has 1 aromatic heterocycles. The van der Waals surface area contributed by atoms with Gasteiger partial charge >= 0.3 is 0 Å². The lowest BCUT2D eigenvalue weighted by molar-refractivity contribution is 0.102. The van der Waals surface area contributed by atoms with Gasteiger partial charge in [0.25, 0.3) is 5.91 Å². The number of carbonyl (C=O) groups is 1. The van der Waals surface area contributed by atoms with Gasteiger partial charge < -0.3 is 10.6 Å². The van der Waals surface area contributed by atoms with E-state index >= 15 is 0 Å². The maximum absolute atomic E-state index is 12.2. The van der Waals surface area contributed by atoms with Gasteiger partial charge in [0.15, 0.2) is 0 Å². The van der Waals surface area contributed by atoms with Crippen LogP contribution in [0.15, 0.2) is 66.9 Å². The molecule has 3 aromatic rings. The van der Waals surface area contributed by atoms with Crippen molar-refractivity contribution < 1.29 is 4.79 Å². The van der Waals surface area contributed by atoms with Crippen molar-refractivity contribution in [3.05, 3.63) is 82.6 Å². The van der Waals surface area contributed by atoms with E-state index in [1.54, 1.807) is 36.5 Å². The molecule has 2 N–H and O–H groups in total. The van der Waals surface area contributed by atoms with E-state index in [1.807, 2.05) is 30.3 Å². The van der Waals surface area contributed by atoms with Crippen molar-refractivity contribution in [1.82, 2.24) is 4.98 Å². The van der Waals surface area contributed by atoms with Crippen LogP contribution >= 0.6 is 23.2 Å². The van der Waals surface area contributed by atoms with E-state index in [4.69, 9.17) is 23.2 Å². The Morgan fingerprint density at radius 1 is 0.833 bits per heavy atom. The zero-order chi connectivity index (χ0) is 16.9. The fourth-order valence-electron chi connectivity index (χ4n) is 2.06. The highest BCUT2D eigenvalue weighted by molar-refractivity contribution is 6.42. The van der Waals surface area contributed by atoms with E-state index in [0.29, 0.717) is 21.4 Å². The fourth-order valence-corrected chi connectivity index (χ4v) is 2.36. The normalized spacial score (nSPS) is 10.2. The Kier molecular flexibility index (Phi) is 4.99. The van der Waals surface area contributed by atoms with Crippen molar-refractivity contribution in [3.63, 3.8) is 0 Å². The molecule has 0 aliphatic rings. The molecule has 0 aliphatic carbocycles. The average molecular weight is 358 g/mol. The number of carbonyl (C=O) groups excluding carboxylic acids is 1. The first-order valence-electron chi connectivity index (χ1n) is 7.16. The van der Waals surface area contributed by atoms with Crippen LogP contribution < -0.4 is 10.6 Å². The van der Waals surface area contributed by atoms with Gasteiger partial charge in [-0.15, -0.1) is 0 Å². The van der Waals surface area contributed by atoms with Gasteiger partial charge in [-0.2, -0.15) is 0 Å². The average Bonchev–Trinajstić information content (AvgIpc) is 2.60. The Bertz CT molecular complexity index is 852. The van der Waals surface area contributed by atoms with Crippen LogP contribution in [-0.4, -0.2) is 10.9 Å².